The quantitative estimate of drug-likeness (QED) is 0.385. The number of rotatable bonds is 5. The molecule has 5 rings (SSSR count). The number of carbonyl (C=O) groups is 3. The fourth-order valence-electron chi connectivity index (χ4n) is 3.60. The number of benzene rings is 3. The zero-order chi connectivity index (χ0) is 23.7. The Morgan fingerprint density at radius 1 is 0.853 bits per heavy atom. The highest BCUT2D eigenvalue weighted by molar-refractivity contribution is 6.40. The van der Waals surface area contributed by atoms with E-state index in [4.69, 9.17) is 16.3 Å². The lowest BCUT2D eigenvalue weighted by Gasteiger charge is -2.16. The molecule has 7 nitrogen and oxygen atoms in total. The van der Waals surface area contributed by atoms with Gasteiger partial charge in [-0.2, -0.15) is 0 Å². The van der Waals surface area contributed by atoms with E-state index in [9.17, 15) is 14.4 Å². The van der Waals surface area contributed by atoms with Crippen LogP contribution < -0.4 is 15.0 Å². The number of nitrogens with one attached hydrogen (secondary N) is 1. The summed E-state index contributed by atoms with van der Waals surface area (Å²) in [6.07, 6.45) is 3.24. The molecular weight excluding hydrogens is 454 g/mol. The summed E-state index contributed by atoms with van der Waals surface area (Å²) in [6.45, 7) is 0. The van der Waals surface area contributed by atoms with Crippen molar-refractivity contribution < 1.29 is 19.1 Å². The number of halogens is 1. The van der Waals surface area contributed by atoms with E-state index in [0.29, 0.717) is 33.9 Å². The van der Waals surface area contributed by atoms with Crippen molar-refractivity contribution in [3.8, 4) is 11.5 Å². The van der Waals surface area contributed by atoms with Gasteiger partial charge in [-0.25, -0.2) is 4.90 Å². The number of hydrogen-bond acceptors (Lipinski definition) is 5. The first-order valence-corrected chi connectivity index (χ1v) is 10.7. The van der Waals surface area contributed by atoms with Gasteiger partial charge in [-0.15, -0.1) is 0 Å². The molecule has 8 heteroatoms. The third-order valence-electron chi connectivity index (χ3n) is 5.23. The topological polar surface area (TPSA) is 88.6 Å². The number of imide groups is 1. The molecule has 0 saturated heterocycles. The van der Waals surface area contributed by atoms with Crippen LogP contribution in [0.25, 0.3) is 0 Å². The van der Waals surface area contributed by atoms with Crippen molar-refractivity contribution in [2.24, 2.45) is 0 Å². The van der Waals surface area contributed by atoms with Crippen molar-refractivity contribution in [1.82, 2.24) is 4.98 Å². The van der Waals surface area contributed by atoms with Crippen LogP contribution in [0.1, 0.15) is 31.1 Å². The molecule has 2 heterocycles. The second kappa shape index (κ2) is 8.80. The fraction of sp³-hybridized carbons (Fsp3) is 0. The maximum atomic E-state index is 12.7. The number of pyridine rings is 1. The molecule has 0 fully saturated rings. The Morgan fingerprint density at radius 3 is 2.18 bits per heavy atom. The number of aromatic nitrogens is 1. The molecule has 0 spiro atoms. The lowest BCUT2D eigenvalue weighted by Crippen LogP contribution is -2.29. The molecule has 0 unspecified atom stereocenters. The molecule has 1 aliphatic heterocycles. The van der Waals surface area contributed by atoms with Gasteiger partial charge in [-0.3, -0.25) is 19.4 Å². The summed E-state index contributed by atoms with van der Waals surface area (Å²) >= 11 is 6.39. The van der Waals surface area contributed by atoms with Crippen LogP contribution >= 0.6 is 11.6 Å². The Labute approximate surface area is 199 Å². The molecule has 1 N–H and O–H groups in total. The predicted octanol–water partition coefficient (Wildman–Crippen LogP) is 5.58. The third-order valence-corrected chi connectivity index (χ3v) is 5.53. The number of hydrogen-bond donors (Lipinski definition) is 1. The van der Waals surface area contributed by atoms with E-state index in [1.807, 2.05) is 0 Å². The molecule has 4 aromatic rings. The van der Waals surface area contributed by atoms with E-state index in [-0.39, 0.29) is 16.6 Å². The highest BCUT2D eigenvalue weighted by atomic mass is 35.5. The van der Waals surface area contributed by atoms with Gasteiger partial charge in [0, 0.05) is 17.4 Å². The van der Waals surface area contributed by atoms with Gasteiger partial charge < -0.3 is 10.1 Å². The Balaban J connectivity index is 1.29. The first-order valence-electron chi connectivity index (χ1n) is 10.3. The second-order valence-electron chi connectivity index (χ2n) is 7.43. The molecule has 0 atom stereocenters. The molecule has 166 valence electrons. The average Bonchev–Trinajstić information content (AvgIpc) is 3.10. The lowest BCUT2D eigenvalue weighted by atomic mass is 10.1. The van der Waals surface area contributed by atoms with E-state index in [1.165, 1.54) is 12.1 Å². The van der Waals surface area contributed by atoms with Crippen LogP contribution in [0.5, 0.6) is 11.5 Å². The van der Waals surface area contributed by atoms with Crippen LogP contribution in [0.4, 0.5) is 11.4 Å². The molecule has 0 saturated carbocycles. The summed E-state index contributed by atoms with van der Waals surface area (Å²) in [6, 6.07) is 21.4. The molecule has 3 aromatic carbocycles. The smallest absolute Gasteiger partial charge is 0.266 e. The van der Waals surface area contributed by atoms with Gasteiger partial charge in [0.2, 0.25) is 0 Å². The minimum Gasteiger partial charge on any atom is -0.456 e. The second-order valence-corrected chi connectivity index (χ2v) is 7.83. The number of carbonyl (C=O) groups excluding carboxylic acids is 3. The van der Waals surface area contributed by atoms with E-state index in [1.54, 1.807) is 79.1 Å². The van der Waals surface area contributed by atoms with Crippen molar-refractivity contribution in [2.45, 2.75) is 0 Å². The van der Waals surface area contributed by atoms with E-state index < -0.39 is 11.8 Å². The summed E-state index contributed by atoms with van der Waals surface area (Å²) in [5, 5.41) is 2.92. The SMILES string of the molecule is O=C(Nc1ccc(N2C(=O)c3ccccc3C2=O)c(Cl)c1)c1ccc(Oc2cccnc2)cc1. The lowest BCUT2D eigenvalue weighted by molar-refractivity contribution is 0.0924. The molecule has 1 aromatic heterocycles. The Hall–Kier alpha value is -4.49. The first kappa shape index (κ1) is 21.4. The maximum absolute atomic E-state index is 12.7. The molecule has 3 amide bonds. The Bertz CT molecular complexity index is 1390. The zero-order valence-electron chi connectivity index (χ0n) is 17.6. The van der Waals surface area contributed by atoms with Crippen LogP contribution in [0.2, 0.25) is 5.02 Å². The van der Waals surface area contributed by atoms with Crippen molar-refractivity contribution in [3.63, 3.8) is 0 Å². The Kier molecular flexibility index (Phi) is 5.53. The average molecular weight is 470 g/mol. The van der Waals surface area contributed by atoms with Crippen molar-refractivity contribution in [1.29, 1.82) is 0 Å². The van der Waals surface area contributed by atoms with Crippen LogP contribution in [0.15, 0.2) is 91.3 Å². The third kappa shape index (κ3) is 4.00. The Morgan fingerprint density at radius 2 is 1.56 bits per heavy atom. The minimum absolute atomic E-state index is 0.160. The molecule has 34 heavy (non-hydrogen) atoms. The van der Waals surface area contributed by atoms with Gasteiger partial charge in [0.05, 0.1) is 28.0 Å². The summed E-state index contributed by atoms with van der Waals surface area (Å²) in [7, 11) is 0. The monoisotopic (exact) mass is 469 g/mol. The van der Waals surface area contributed by atoms with Gasteiger partial charge in [0.25, 0.3) is 17.7 Å². The largest absolute Gasteiger partial charge is 0.456 e. The maximum Gasteiger partial charge on any atom is 0.266 e. The van der Waals surface area contributed by atoms with Crippen LogP contribution in [-0.4, -0.2) is 22.7 Å². The van der Waals surface area contributed by atoms with Gasteiger partial charge in [0.1, 0.15) is 11.5 Å². The van der Waals surface area contributed by atoms with Gasteiger partial charge in [-0.1, -0.05) is 23.7 Å². The fourth-order valence-corrected chi connectivity index (χ4v) is 3.86. The van der Waals surface area contributed by atoms with Crippen molar-refractivity contribution >= 4 is 40.7 Å². The van der Waals surface area contributed by atoms with Crippen LogP contribution in [0, 0.1) is 0 Å². The molecule has 0 bridgehead atoms. The number of anilines is 2. The van der Waals surface area contributed by atoms with Gasteiger partial charge in [0.15, 0.2) is 0 Å². The molecule has 0 aliphatic carbocycles. The highest BCUT2D eigenvalue weighted by Crippen LogP contribution is 2.35. The first-order chi connectivity index (χ1) is 16.5. The number of fused-ring (bicyclic) bond motifs is 1. The normalized spacial score (nSPS) is 12.4. The summed E-state index contributed by atoms with van der Waals surface area (Å²) in [5.74, 6) is -0.0661. The van der Waals surface area contributed by atoms with Crippen molar-refractivity contribution in [3.05, 3.63) is 113 Å². The molecule has 1 aliphatic rings. The standard InChI is InChI=1S/C26H16ClN3O4/c27-22-14-17(9-12-23(22)30-25(32)20-5-1-2-6-21(20)26(30)33)29-24(31)16-7-10-18(11-8-16)34-19-4-3-13-28-15-19/h1-15H,(H,29,31). The molecule has 0 radical (unpaired) electrons. The minimum atomic E-state index is -0.437. The summed E-state index contributed by atoms with van der Waals surface area (Å²) in [4.78, 5) is 43.1. The summed E-state index contributed by atoms with van der Waals surface area (Å²) in [5.41, 5.74) is 1.75. The number of ether oxygens (including phenoxy) is 1. The number of amides is 3. The van der Waals surface area contributed by atoms with Crippen molar-refractivity contribution in [2.75, 3.05) is 10.2 Å². The number of nitrogens with zero attached hydrogens (tertiary/aromatic N) is 2. The van der Waals surface area contributed by atoms with Gasteiger partial charge in [-0.05, 0) is 66.7 Å². The van der Waals surface area contributed by atoms with Crippen LogP contribution in [-0.2, 0) is 0 Å². The predicted molar refractivity (Wildman–Crippen MR) is 128 cm³/mol. The zero-order valence-corrected chi connectivity index (χ0v) is 18.3. The van der Waals surface area contributed by atoms with Gasteiger partial charge >= 0.3 is 0 Å². The highest BCUT2D eigenvalue weighted by Gasteiger charge is 2.37. The van der Waals surface area contributed by atoms with E-state index >= 15 is 0 Å². The molecular formula is C26H16ClN3O4. The van der Waals surface area contributed by atoms with Crippen LogP contribution in [0.3, 0.4) is 0 Å². The summed E-state index contributed by atoms with van der Waals surface area (Å²) < 4.78 is 5.68. The van der Waals surface area contributed by atoms with E-state index in [2.05, 4.69) is 10.3 Å². The van der Waals surface area contributed by atoms with E-state index in [0.717, 1.165) is 4.90 Å².